The van der Waals surface area contributed by atoms with Crippen molar-refractivity contribution in [3.63, 3.8) is 0 Å². The highest BCUT2D eigenvalue weighted by Gasteiger charge is 2.06. The number of unbranched alkanes of at least 4 members (excludes halogenated alkanes) is 2. The molecule has 0 aliphatic rings. The molecule has 0 atom stereocenters. The van der Waals surface area contributed by atoms with Crippen LogP contribution in [0.5, 0.6) is 0 Å². The fourth-order valence-corrected chi connectivity index (χ4v) is 2.25. The Morgan fingerprint density at radius 3 is 2.52 bits per heavy atom. The Bertz CT molecular complexity index is 440. The monoisotopic (exact) mass is 453 g/mol. The van der Waals surface area contributed by atoms with Gasteiger partial charge in [-0.25, -0.2) is 0 Å². The van der Waals surface area contributed by atoms with Crippen molar-refractivity contribution in [2.75, 3.05) is 33.9 Å². The summed E-state index contributed by atoms with van der Waals surface area (Å²) in [6, 6.07) is 7.94. The van der Waals surface area contributed by atoms with Crippen LogP contribution in [-0.2, 0) is 11.3 Å². The molecule has 0 unspecified atom stereocenters. The maximum Gasteiger partial charge on any atom is 0.193 e. The number of hydrogen-bond acceptors (Lipinski definition) is 2. The second-order valence-electron chi connectivity index (χ2n) is 5.27. The molecule has 0 amide bonds. The van der Waals surface area contributed by atoms with Crippen molar-refractivity contribution in [3.8, 4) is 0 Å². The fraction of sp³-hybridized carbons (Fsp3) is 0.588. The molecule has 0 bridgehead atoms. The Morgan fingerprint density at radius 1 is 1.22 bits per heavy atom. The number of nitrogens with one attached hydrogen (secondary N) is 1. The van der Waals surface area contributed by atoms with Crippen molar-refractivity contribution in [2.45, 2.75) is 32.7 Å². The molecule has 0 heterocycles. The Balaban J connectivity index is 0.00000484. The van der Waals surface area contributed by atoms with E-state index in [0.717, 1.165) is 56.5 Å². The zero-order chi connectivity index (χ0) is 16.2. The summed E-state index contributed by atoms with van der Waals surface area (Å²) in [7, 11) is 3.80. The minimum absolute atomic E-state index is 0. The largest absolute Gasteiger partial charge is 0.385 e. The van der Waals surface area contributed by atoms with Crippen molar-refractivity contribution < 1.29 is 4.74 Å². The number of nitrogens with zero attached hydrogens (tertiary/aromatic N) is 2. The number of guanidine groups is 1. The molecule has 1 aromatic rings. The van der Waals surface area contributed by atoms with E-state index in [-0.39, 0.29) is 24.0 Å². The molecule has 1 N–H and O–H groups in total. The first-order valence-electron chi connectivity index (χ1n) is 7.90. The van der Waals surface area contributed by atoms with Gasteiger partial charge in [-0.3, -0.25) is 4.99 Å². The molecular formula is C17H29ClIN3O. The highest BCUT2D eigenvalue weighted by Crippen LogP contribution is 2.11. The van der Waals surface area contributed by atoms with Crippen molar-refractivity contribution in [1.29, 1.82) is 0 Å². The van der Waals surface area contributed by atoms with Crippen molar-refractivity contribution in [1.82, 2.24) is 10.2 Å². The Labute approximate surface area is 162 Å². The van der Waals surface area contributed by atoms with Crippen LogP contribution in [0.2, 0.25) is 5.02 Å². The van der Waals surface area contributed by atoms with Crippen LogP contribution in [-0.4, -0.2) is 44.7 Å². The van der Waals surface area contributed by atoms with Gasteiger partial charge >= 0.3 is 0 Å². The van der Waals surface area contributed by atoms with E-state index in [9.17, 15) is 0 Å². The Kier molecular flexibility index (Phi) is 13.5. The van der Waals surface area contributed by atoms with Crippen molar-refractivity contribution >= 4 is 41.5 Å². The van der Waals surface area contributed by atoms with Crippen LogP contribution in [0.25, 0.3) is 0 Å². The third-order valence-electron chi connectivity index (χ3n) is 3.30. The lowest BCUT2D eigenvalue weighted by Gasteiger charge is -2.22. The average Bonchev–Trinajstić information content (AvgIpc) is 2.51. The summed E-state index contributed by atoms with van der Waals surface area (Å²) in [5.41, 5.74) is 1.22. The predicted octanol–water partition coefficient (Wildman–Crippen LogP) is 4.17. The van der Waals surface area contributed by atoms with E-state index in [4.69, 9.17) is 16.3 Å². The van der Waals surface area contributed by atoms with E-state index in [1.165, 1.54) is 5.56 Å². The maximum atomic E-state index is 5.92. The van der Waals surface area contributed by atoms with Crippen LogP contribution in [0.15, 0.2) is 29.3 Å². The third kappa shape index (κ3) is 10.0. The van der Waals surface area contributed by atoms with E-state index in [1.54, 1.807) is 7.11 Å². The third-order valence-corrected chi connectivity index (χ3v) is 3.55. The molecular weight excluding hydrogens is 425 g/mol. The van der Waals surface area contributed by atoms with Crippen LogP contribution >= 0.6 is 35.6 Å². The van der Waals surface area contributed by atoms with Gasteiger partial charge in [0.05, 0.1) is 0 Å². The lowest BCUT2D eigenvalue weighted by molar-refractivity contribution is 0.192. The summed E-state index contributed by atoms with van der Waals surface area (Å²) in [6.45, 7) is 5.45. The van der Waals surface area contributed by atoms with Gasteiger partial charge in [0.15, 0.2) is 5.96 Å². The molecule has 0 fully saturated rings. The van der Waals surface area contributed by atoms with Gasteiger partial charge in [-0.2, -0.15) is 0 Å². The molecule has 1 aromatic carbocycles. The second-order valence-corrected chi connectivity index (χ2v) is 5.71. The number of ether oxygens (including phenoxy) is 1. The molecule has 0 aromatic heterocycles. The second kappa shape index (κ2) is 13.9. The number of hydrogen-bond donors (Lipinski definition) is 1. The molecule has 0 aliphatic carbocycles. The summed E-state index contributed by atoms with van der Waals surface area (Å²) in [5.74, 6) is 0.948. The number of methoxy groups -OCH3 is 1. The molecule has 0 aliphatic heterocycles. The van der Waals surface area contributed by atoms with Gasteiger partial charge in [0.1, 0.15) is 0 Å². The van der Waals surface area contributed by atoms with E-state index < -0.39 is 0 Å². The van der Waals surface area contributed by atoms with Crippen LogP contribution in [0.1, 0.15) is 31.7 Å². The molecule has 0 spiro atoms. The van der Waals surface area contributed by atoms with E-state index in [1.807, 2.05) is 24.3 Å². The minimum atomic E-state index is 0. The molecule has 6 heteroatoms. The summed E-state index contributed by atoms with van der Waals surface area (Å²) in [6.07, 6.45) is 3.34. The summed E-state index contributed by atoms with van der Waals surface area (Å²) in [4.78, 5) is 6.83. The van der Waals surface area contributed by atoms with Crippen LogP contribution < -0.4 is 5.32 Å². The van der Waals surface area contributed by atoms with Gasteiger partial charge in [0, 0.05) is 45.4 Å². The SMILES string of the molecule is CCNC(=NCCCCCOC)N(C)Cc1ccc(Cl)cc1.I. The molecule has 1 rings (SSSR count). The molecule has 0 saturated carbocycles. The van der Waals surface area contributed by atoms with Gasteiger partial charge in [-0.15, -0.1) is 24.0 Å². The summed E-state index contributed by atoms with van der Waals surface area (Å²) >= 11 is 5.92. The van der Waals surface area contributed by atoms with Gasteiger partial charge in [0.25, 0.3) is 0 Å². The van der Waals surface area contributed by atoms with Crippen LogP contribution in [0, 0.1) is 0 Å². The highest BCUT2D eigenvalue weighted by molar-refractivity contribution is 14.0. The number of benzene rings is 1. The first kappa shape index (κ1) is 22.5. The van der Waals surface area contributed by atoms with Crippen LogP contribution in [0.4, 0.5) is 0 Å². The quantitative estimate of drug-likeness (QED) is 0.264. The Hall–Kier alpha value is -0.530. The standard InChI is InChI=1S/C17H28ClN3O.HI/c1-4-19-17(20-12-6-5-7-13-22-3)21(2)14-15-8-10-16(18)11-9-15;/h8-11H,4-7,12-14H2,1-3H3,(H,19,20);1H. The number of rotatable bonds is 9. The zero-order valence-electron chi connectivity index (χ0n) is 14.3. The van der Waals surface area contributed by atoms with Gasteiger partial charge in [0.2, 0.25) is 0 Å². The molecule has 4 nitrogen and oxygen atoms in total. The van der Waals surface area contributed by atoms with E-state index in [2.05, 4.69) is 29.2 Å². The van der Waals surface area contributed by atoms with Crippen molar-refractivity contribution in [3.05, 3.63) is 34.9 Å². The molecule has 0 saturated heterocycles. The molecule has 0 radical (unpaired) electrons. The minimum Gasteiger partial charge on any atom is -0.385 e. The lowest BCUT2D eigenvalue weighted by Crippen LogP contribution is -2.38. The lowest BCUT2D eigenvalue weighted by atomic mass is 10.2. The summed E-state index contributed by atoms with van der Waals surface area (Å²) < 4.78 is 5.06. The number of halogens is 2. The van der Waals surface area contributed by atoms with Crippen LogP contribution in [0.3, 0.4) is 0 Å². The smallest absolute Gasteiger partial charge is 0.193 e. The van der Waals surface area contributed by atoms with E-state index >= 15 is 0 Å². The van der Waals surface area contributed by atoms with E-state index in [0.29, 0.717) is 0 Å². The molecule has 23 heavy (non-hydrogen) atoms. The summed E-state index contributed by atoms with van der Waals surface area (Å²) in [5, 5.41) is 4.11. The Morgan fingerprint density at radius 2 is 1.91 bits per heavy atom. The van der Waals surface area contributed by atoms with Gasteiger partial charge < -0.3 is 15.0 Å². The topological polar surface area (TPSA) is 36.9 Å². The van der Waals surface area contributed by atoms with Gasteiger partial charge in [-0.05, 0) is 43.9 Å². The van der Waals surface area contributed by atoms with Gasteiger partial charge in [-0.1, -0.05) is 23.7 Å². The first-order chi connectivity index (χ1) is 10.7. The highest BCUT2D eigenvalue weighted by atomic mass is 127. The maximum absolute atomic E-state index is 5.92. The number of aliphatic imine (C=N–C) groups is 1. The predicted molar refractivity (Wildman–Crippen MR) is 110 cm³/mol. The van der Waals surface area contributed by atoms with Crippen molar-refractivity contribution in [2.24, 2.45) is 4.99 Å². The molecule has 132 valence electrons. The normalized spacial score (nSPS) is 11.0. The fourth-order valence-electron chi connectivity index (χ4n) is 2.13. The average molecular weight is 454 g/mol. The zero-order valence-corrected chi connectivity index (χ0v) is 17.4. The first-order valence-corrected chi connectivity index (χ1v) is 8.28.